The summed E-state index contributed by atoms with van der Waals surface area (Å²) in [7, 11) is 1.59. The summed E-state index contributed by atoms with van der Waals surface area (Å²) >= 11 is 0. The molecule has 0 saturated carbocycles. The number of ether oxygens (including phenoxy) is 1. The largest absolute Gasteiger partial charge is 0.508 e. The lowest BCUT2D eigenvalue weighted by molar-refractivity contribution is 0.414. The lowest BCUT2D eigenvalue weighted by Crippen LogP contribution is -1.84. The van der Waals surface area contributed by atoms with E-state index in [2.05, 4.69) is 10.1 Å². The van der Waals surface area contributed by atoms with Gasteiger partial charge in [0.25, 0.3) is 5.89 Å². The molecule has 0 fully saturated rings. The van der Waals surface area contributed by atoms with Crippen molar-refractivity contribution in [3.05, 3.63) is 42.5 Å². The lowest BCUT2D eigenvalue weighted by atomic mass is 10.2. The first-order valence-electron chi connectivity index (χ1n) is 6.18. The Hall–Kier alpha value is -3.02. The van der Waals surface area contributed by atoms with E-state index in [4.69, 9.17) is 9.26 Å². The van der Waals surface area contributed by atoms with Crippen molar-refractivity contribution in [2.75, 3.05) is 7.11 Å². The Kier molecular flexibility index (Phi) is 3.19. The average molecular weight is 284 g/mol. The predicted octanol–water partition coefficient (Wildman–Crippen LogP) is 2.82. The summed E-state index contributed by atoms with van der Waals surface area (Å²) in [6, 6.07) is 11.3. The van der Waals surface area contributed by atoms with Crippen LogP contribution >= 0.6 is 0 Å². The van der Waals surface area contributed by atoms with Crippen LogP contribution < -0.4 is 4.74 Å². The maximum Gasteiger partial charge on any atom is 0.262 e. The number of benzene rings is 2. The van der Waals surface area contributed by atoms with Crippen molar-refractivity contribution in [2.45, 2.75) is 0 Å². The Balaban J connectivity index is 1.97. The molecule has 3 aromatic rings. The predicted molar refractivity (Wildman–Crippen MR) is 75.1 cm³/mol. The number of aromatic nitrogens is 2. The second kappa shape index (κ2) is 5.16. The number of hydrogen-bond acceptors (Lipinski definition) is 6. The van der Waals surface area contributed by atoms with Crippen LogP contribution in [0.4, 0.5) is 0 Å². The van der Waals surface area contributed by atoms with Crippen LogP contribution in [0, 0.1) is 0 Å². The molecule has 0 unspecified atom stereocenters. The Labute approximate surface area is 120 Å². The SMILES string of the molecule is COc1ccc(-c2noc(-c3cc(O)ccc3O)n2)cc1. The van der Waals surface area contributed by atoms with Gasteiger partial charge in [-0.3, -0.25) is 0 Å². The van der Waals surface area contributed by atoms with Gasteiger partial charge in [0.15, 0.2) is 0 Å². The Bertz CT molecular complexity index is 766. The van der Waals surface area contributed by atoms with Gasteiger partial charge >= 0.3 is 0 Å². The summed E-state index contributed by atoms with van der Waals surface area (Å²) in [5.41, 5.74) is 1.03. The molecule has 2 N–H and O–H groups in total. The van der Waals surface area contributed by atoms with E-state index in [-0.39, 0.29) is 23.0 Å². The minimum absolute atomic E-state index is 0.00648. The third-order valence-corrected chi connectivity index (χ3v) is 2.98. The molecule has 0 aliphatic carbocycles. The van der Waals surface area contributed by atoms with E-state index < -0.39 is 0 Å². The van der Waals surface area contributed by atoms with Gasteiger partial charge in [0.05, 0.1) is 12.7 Å². The quantitative estimate of drug-likeness (QED) is 0.719. The molecule has 0 radical (unpaired) electrons. The van der Waals surface area contributed by atoms with Crippen LogP contribution in [0.25, 0.3) is 22.8 Å². The molecule has 0 saturated heterocycles. The van der Waals surface area contributed by atoms with Gasteiger partial charge in [-0.15, -0.1) is 0 Å². The molecule has 0 atom stereocenters. The number of methoxy groups -OCH3 is 1. The standard InChI is InChI=1S/C15H12N2O4/c1-20-11-5-2-9(3-6-11)14-16-15(21-17-14)12-8-10(18)4-7-13(12)19/h2-8,18-19H,1H3. The molecule has 1 heterocycles. The number of hydrogen-bond donors (Lipinski definition) is 2. The van der Waals surface area contributed by atoms with Gasteiger partial charge in [0.1, 0.15) is 17.2 Å². The van der Waals surface area contributed by atoms with E-state index in [9.17, 15) is 10.2 Å². The van der Waals surface area contributed by atoms with E-state index >= 15 is 0 Å². The fraction of sp³-hybridized carbons (Fsp3) is 0.0667. The number of aromatic hydroxyl groups is 2. The maximum atomic E-state index is 9.78. The first-order valence-corrected chi connectivity index (χ1v) is 6.18. The average Bonchev–Trinajstić information content (AvgIpc) is 2.99. The van der Waals surface area contributed by atoms with Crippen molar-refractivity contribution in [2.24, 2.45) is 0 Å². The molecule has 0 aliphatic heterocycles. The van der Waals surface area contributed by atoms with Crippen molar-refractivity contribution < 1.29 is 19.5 Å². The third kappa shape index (κ3) is 2.51. The topological polar surface area (TPSA) is 88.6 Å². The lowest BCUT2D eigenvalue weighted by Gasteiger charge is -2.00. The molecule has 106 valence electrons. The van der Waals surface area contributed by atoms with Crippen molar-refractivity contribution in [1.82, 2.24) is 10.1 Å². The van der Waals surface area contributed by atoms with Crippen molar-refractivity contribution in [3.63, 3.8) is 0 Å². The molecule has 1 aromatic heterocycles. The van der Waals surface area contributed by atoms with Gasteiger partial charge < -0.3 is 19.5 Å². The van der Waals surface area contributed by atoms with Gasteiger partial charge in [0, 0.05) is 5.56 Å². The Morgan fingerprint density at radius 1 is 1.05 bits per heavy atom. The van der Waals surface area contributed by atoms with E-state index in [1.54, 1.807) is 31.4 Å². The first-order chi connectivity index (χ1) is 10.2. The van der Waals surface area contributed by atoms with Crippen molar-refractivity contribution in [1.29, 1.82) is 0 Å². The number of phenolic OH excluding ortho intramolecular Hbond substituents is 2. The monoisotopic (exact) mass is 284 g/mol. The second-order valence-corrected chi connectivity index (χ2v) is 4.35. The van der Waals surface area contributed by atoms with Crippen LogP contribution in [0.2, 0.25) is 0 Å². The first kappa shape index (κ1) is 13.0. The second-order valence-electron chi connectivity index (χ2n) is 4.35. The number of rotatable bonds is 3. The highest BCUT2D eigenvalue weighted by atomic mass is 16.5. The molecule has 6 heteroatoms. The highest BCUT2D eigenvalue weighted by molar-refractivity contribution is 5.66. The van der Waals surface area contributed by atoms with Gasteiger partial charge in [-0.25, -0.2) is 0 Å². The van der Waals surface area contributed by atoms with E-state index in [0.29, 0.717) is 5.82 Å². The molecule has 0 spiro atoms. The summed E-state index contributed by atoms with van der Waals surface area (Å²) < 4.78 is 10.2. The van der Waals surface area contributed by atoms with Crippen molar-refractivity contribution in [3.8, 4) is 40.1 Å². The third-order valence-electron chi connectivity index (χ3n) is 2.98. The summed E-state index contributed by atoms with van der Waals surface area (Å²) in [5, 5.41) is 23.1. The molecule has 3 rings (SSSR count). The number of nitrogens with zero attached hydrogens (tertiary/aromatic N) is 2. The van der Waals surface area contributed by atoms with E-state index in [0.717, 1.165) is 11.3 Å². The van der Waals surface area contributed by atoms with Gasteiger partial charge in [-0.1, -0.05) is 5.16 Å². The van der Waals surface area contributed by atoms with Crippen LogP contribution in [0.3, 0.4) is 0 Å². The van der Waals surface area contributed by atoms with Gasteiger partial charge in [-0.05, 0) is 42.5 Å². The Morgan fingerprint density at radius 3 is 2.52 bits per heavy atom. The van der Waals surface area contributed by atoms with Crippen LogP contribution in [-0.2, 0) is 0 Å². The van der Waals surface area contributed by atoms with Crippen LogP contribution in [-0.4, -0.2) is 27.5 Å². The molecule has 2 aromatic carbocycles. The molecule has 21 heavy (non-hydrogen) atoms. The molecule has 6 nitrogen and oxygen atoms in total. The molecule has 0 amide bonds. The molecule has 0 bridgehead atoms. The van der Waals surface area contributed by atoms with Gasteiger partial charge in [0.2, 0.25) is 5.82 Å². The van der Waals surface area contributed by atoms with E-state index in [1.165, 1.54) is 18.2 Å². The zero-order chi connectivity index (χ0) is 14.8. The normalized spacial score (nSPS) is 10.5. The highest BCUT2D eigenvalue weighted by Gasteiger charge is 2.14. The maximum absolute atomic E-state index is 9.78. The number of phenols is 2. The van der Waals surface area contributed by atoms with Crippen LogP contribution in [0.1, 0.15) is 0 Å². The van der Waals surface area contributed by atoms with Crippen LogP contribution in [0.15, 0.2) is 47.0 Å². The summed E-state index contributed by atoms with van der Waals surface area (Å²) in [6.45, 7) is 0. The smallest absolute Gasteiger partial charge is 0.262 e. The fourth-order valence-electron chi connectivity index (χ4n) is 1.89. The minimum Gasteiger partial charge on any atom is -0.508 e. The molecular formula is C15H12N2O4. The van der Waals surface area contributed by atoms with Gasteiger partial charge in [-0.2, -0.15) is 4.98 Å². The molecule has 0 aliphatic rings. The zero-order valence-electron chi connectivity index (χ0n) is 11.1. The summed E-state index contributed by atoms with van der Waals surface area (Å²) in [6.07, 6.45) is 0. The minimum atomic E-state index is -0.0438. The Morgan fingerprint density at radius 2 is 1.81 bits per heavy atom. The fourth-order valence-corrected chi connectivity index (χ4v) is 1.89. The van der Waals surface area contributed by atoms with E-state index in [1.807, 2.05) is 0 Å². The summed E-state index contributed by atoms with van der Waals surface area (Å²) in [5.74, 6) is 1.21. The summed E-state index contributed by atoms with van der Waals surface area (Å²) in [4.78, 5) is 4.22. The van der Waals surface area contributed by atoms with Crippen molar-refractivity contribution >= 4 is 0 Å². The zero-order valence-corrected chi connectivity index (χ0v) is 11.1. The highest BCUT2D eigenvalue weighted by Crippen LogP contribution is 2.32. The molecular weight excluding hydrogens is 272 g/mol. The van der Waals surface area contributed by atoms with Crippen LogP contribution in [0.5, 0.6) is 17.2 Å².